The van der Waals surface area contributed by atoms with E-state index >= 15 is 0 Å². The van der Waals surface area contributed by atoms with Crippen molar-refractivity contribution in [1.29, 1.82) is 0 Å². The molecule has 1 unspecified atom stereocenters. The van der Waals surface area contributed by atoms with Crippen molar-refractivity contribution in [3.05, 3.63) is 34.6 Å². The maximum absolute atomic E-state index is 13.3. The summed E-state index contributed by atoms with van der Waals surface area (Å²) in [6, 6.07) is 3.79. The monoisotopic (exact) mass is 358 g/mol. The van der Waals surface area contributed by atoms with E-state index in [1.165, 1.54) is 17.0 Å². The summed E-state index contributed by atoms with van der Waals surface area (Å²) in [7, 11) is 0. The van der Waals surface area contributed by atoms with Crippen LogP contribution < -0.4 is 11.1 Å². The van der Waals surface area contributed by atoms with Crippen LogP contribution in [0.25, 0.3) is 0 Å². The number of nitrogens with zero attached hydrogens (tertiary/aromatic N) is 1. The summed E-state index contributed by atoms with van der Waals surface area (Å²) in [4.78, 5) is 36.5. The number of quaternary nitrogens is 1. The van der Waals surface area contributed by atoms with Crippen LogP contribution in [0.15, 0.2) is 18.2 Å². The normalized spacial score (nSPS) is 20.3. The molecule has 5 N–H and O–H groups in total. The Balaban J connectivity index is 1.98. The third kappa shape index (κ3) is 4.08. The first-order valence-corrected chi connectivity index (χ1v) is 7.70. The van der Waals surface area contributed by atoms with Crippen molar-refractivity contribution >= 4 is 29.3 Å². The van der Waals surface area contributed by atoms with Gasteiger partial charge in [-0.15, -0.1) is 0 Å². The van der Waals surface area contributed by atoms with Crippen LogP contribution in [0, 0.1) is 5.82 Å². The summed E-state index contributed by atoms with van der Waals surface area (Å²) in [6.07, 6.45) is -0.0157. The molecule has 9 heteroatoms. The number of benzene rings is 1. The molecule has 1 aromatic carbocycles. The molecule has 1 heterocycles. The van der Waals surface area contributed by atoms with Crippen LogP contribution in [0.2, 0.25) is 5.02 Å². The van der Waals surface area contributed by atoms with Gasteiger partial charge in [0.1, 0.15) is 5.82 Å². The van der Waals surface area contributed by atoms with Crippen LogP contribution in [0.5, 0.6) is 0 Å². The predicted molar refractivity (Wildman–Crippen MR) is 81.9 cm³/mol. The van der Waals surface area contributed by atoms with Crippen LogP contribution in [0.4, 0.5) is 4.39 Å². The quantitative estimate of drug-likeness (QED) is 0.578. The average molecular weight is 359 g/mol. The highest BCUT2D eigenvalue weighted by molar-refractivity contribution is 6.30. The van der Waals surface area contributed by atoms with Gasteiger partial charge in [0.05, 0.1) is 6.42 Å². The Kier molecular flexibility index (Phi) is 5.53. The molecule has 1 fully saturated rings. The van der Waals surface area contributed by atoms with E-state index in [-0.39, 0.29) is 43.4 Å². The van der Waals surface area contributed by atoms with E-state index in [0.717, 1.165) is 6.07 Å². The van der Waals surface area contributed by atoms with E-state index in [1.807, 2.05) is 0 Å². The topological polar surface area (TPSA) is 114 Å². The Morgan fingerprint density at radius 3 is 2.75 bits per heavy atom. The molecular formula is C15H18ClFN3O4+. The minimum absolute atomic E-state index is 0.0607. The second-order valence-corrected chi connectivity index (χ2v) is 6.09. The summed E-state index contributed by atoms with van der Waals surface area (Å²) in [5, 5.41) is 12.9. The Morgan fingerprint density at radius 2 is 2.12 bits per heavy atom. The zero-order valence-corrected chi connectivity index (χ0v) is 13.6. The second-order valence-electron chi connectivity index (χ2n) is 5.65. The van der Waals surface area contributed by atoms with E-state index in [0.29, 0.717) is 5.56 Å². The summed E-state index contributed by atoms with van der Waals surface area (Å²) in [5.41, 5.74) is 1.44. The lowest BCUT2D eigenvalue weighted by molar-refractivity contribution is -0.305. The van der Waals surface area contributed by atoms with Gasteiger partial charge in [-0.1, -0.05) is 11.6 Å². The number of nitrogens with one attached hydrogen (secondary N) is 1. The Bertz CT molecular complexity index is 664. The number of amides is 3. The van der Waals surface area contributed by atoms with Gasteiger partial charge in [0.15, 0.2) is 0 Å². The maximum Gasteiger partial charge on any atom is 0.310 e. The molecule has 7 nitrogen and oxygen atoms in total. The first-order chi connectivity index (χ1) is 11.2. The van der Waals surface area contributed by atoms with Gasteiger partial charge in [0.2, 0.25) is 5.60 Å². The smallest absolute Gasteiger partial charge is 0.310 e. The zero-order valence-electron chi connectivity index (χ0n) is 12.8. The van der Waals surface area contributed by atoms with Crippen molar-refractivity contribution < 1.29 is 29.6 Å². The second kappa shape index (κ2) is 7.25. The molecule has 0 spiro atoms. The minimum Gasteiger partial charge on any atom is -0.372 e. The van der Waals surface area contributed by atoms with Crippen molar-refractivity contribution in [2.45, 2.75) is 25.0 Å². The molecule has 0 bridgehead atoms. The fourth-order valence-electron chi connectivity index (χ4n) is 2.49. The van der Waals surface area contributed by atoms with E-state index in [1.54, 1.807) is 0 Å². The number of hydrogen-bond acceptors (Lipinski definition) is 4. The van der Waals surface area contributed by atoms with Crippen molar-refractivity contribution in [3.63, 3.8) is 0 Å². The highest BCUT2D eigenvalue weighted by Gasteiger charge is 2.51. The molecule has 0 saturated carbocycles. The van der Waals surface area contributed by atoms with Crippen LogP contribution in [-0.2, 0) is 20.9 Å². The fourth-order valence-corrected chi connectivity index (χ4v) is 2.74. The molecule has 1 saturated heterocycles. The van der Waals surface area contributed by atoms with E-state index < -0.39 is 23.2 Å². The molecule has 1 atom stereocenters. The molecule has 1 aliphatic rings. The van der Waals surface area contributed by atoms with E-state index in [4.69, 9.17) is 11.6 Å². The molecular weight excluding hydrogens is 341 g/mol. The number of aliphatic hydroxyl groups is 1. The summed E-state index contributed by atoms with van der Waals surface area (Å²) in [6.45, 7) is 0.196. The molecule has 2 rings (SSSR count). The van der Waals surface area contributed by atoms with Crippen molar-refractivity contribution in [3.8, 4) is 0 Å². The number of carbonyl (C=O) groups is 3. The van der Waals surface area contributed by atoms with Gasteiger partial charge in [-0.25, -0.2) is 9.18 Å². The van der Waals surface area contributed by atoms with Crippen molar-refractivity contribution in [2.24, 2.45) is 0 Å². The number of carbonyl (C=O) groups excluding carboxylic acids is 3. The lowest BCUT2D eigenvalue weighted by atomic mass is 10.0. The molecule has 0 radical (unpaired) electrons. The van der Waals surface area contributed by atoms with Gasteiger partial charge in [-0.05, 0) is 23.8 Å². The number of likely N-dealkylation sites (tertiary alicyclic amines) is 1. The first kappa shape index (κ1) is 18.3. The zero-order chi connectivity index (χ0) is 17.9. The van der Waals surface area contributed by atoms with E-state index in [9.17, 15) is 23.9 Å². The fraction of sp³-hybridized carbons (Fsp3) is 0.400. The molecule has 1 aromatic rings. The summed E-state index contributed by atoms with van der Waals surface area (Å²) < 4.78 is 13.3. The van der Waals surface area contributed by atoms with Gasteiger partial charge >= 0.3 is 5.91 Å². The standard InChI is InChI=1S/C15H17ClFN3O4/c16-10-5-9(6-11(17)7-10)8-19-13(22)15(24)2-4-20(14(15)23)3-1-12(18)21/h5-7,24H,1-4,8H2,(H2,18,21)(H,19,22)/p+1. The van der Waals surface area contributed by atoms with Crippen molar-refractivity contribution in [1.82, 2.24) is 10.2 Å². The van der Waals surface area contributed by atoms with Crippen LogP contribution >= 0.6 is 11.6 Å². The molecule has 1 aliphatic heterocycles. The third-order valence-corrected chi connectivity index (χ3v) is 4.01. The number of halogens is 2. The van der Waals surface area contributed by atoms with Gasteiger partial charge < -0.3 is 15.3 Å². The van der Waals surface area contributed by atoms with Gasteiger partial charge in [-0.2, -0.15) is 0 Å². The largest absolute Gasteiger partial charge is 0.372 e. The summed E-state index contributed by atoms with van der Waals surface area (Å²) in [5.74, 6) is -2.49. The Hall–Kier alpha value is -2.03. The van der Waals surface area contributed by atoms with Gasteiger partial charge in [0.25, 0.3) is 11.8 Å². The maximum atomic E-state index is 13.3. The number of rotatable bonds is 6. The SMILES string of the molecule is [NH3+]C(=O)CCN1CCC(O)(C(=O)NCc2cc(F)cc(Cl)c2)C1=O. The summed E-state index contributed by atoms with van der Waals surface area (Å²) >= 11 is 5.73. The van der Waals surface area contributed by atoms with Crippen molar-refractivity contribution in [2.75, 3.05) is 13.1 Å². The van der Waals surface area contributed by atoms with Gasteiger partial charge in [0, 0.05) is 31.1 Å². The lowest BCUT2D eigenvalue weighted by Crippen LogP contribution is -2.58. The Labute approximate surface area is 142 Å². The minimum atomic E-state index is -2.18. The molecule has 3 amide bonds. The van der Waals surface area contributed by atoms with Crippen LogP contribution in [0.3, 0.4) is 0 Å². The highest BCUT2D eigenvalue weighted by Crippen LogP contribution is 2.23. The highest BCUT2D eigenvalue weighted by atomic mass is 35.5. The molecule has 130 valence electrons. The van der Waals surface area contributed by atoms with Crippen LogP contribution in [0.1, 0.15) is 18.4 Å². The number of hydrogen-bond donors (Lipinski definition) is 3. The molecule has 0 aromatic heterocycles. The van der Waals surface area contributed by atoms with E-state index in [2.05, 4.69) is 11.1 Å². The van der Waals surface area contributed by atoms with Crippen LogP contribution in [-0.4, -0.2) is 46.4 Å². The van der Waals surface area contributed by atoms with Gasteiger partial charge in [-0.3, -0.25) is 15.3 Å². The average Bonchev–Trinajstić information content (AvgIpc) is 2.78. The molecule has 24 heavy (non-hydrogen) atoms. The lowest BCUT2D eigenvalue weighted by Gasteiger charge is -2.21. The first-order valence-electron chi connectivity index (χ1n) is 7.32. The third-order valence-electron chi connectivity index (χ3n) is 3.80. The predicted octanol–water partition coefficient (Wildman–Crippen LogP) is -0.783. The molecule has 0 aliphatic carbocycles. The Morgan fingerprint density at radius 1 is 1.42 bits per heavy atom.